The zero-order valence-electron chi connectivity index (χ0n) is 8.99. The van der Waals surface area contributed by atoms with Crippen LogP contribution in [0.3, 0.4) is 0 Å². The second-order valence-electron chi connectivity index (χ2n) is 3.37. The van der Waals surface area contributed by atoms with Crippen molar-refractivity contribution in [2.24, 2.45) is 0 Å². The van der Waals surface area contributed by atoms with Gasteiger partial charge in [-0.05, 0) is 24.8 Å². The summed E-state index contributed by atoms with van der Waals surface area (Å²) < 4.78 is 0. The van der Waals surface area contributed by atoms with Crippen molar-refractivity contribution in [3.8, 4) is 0 Å². The number of hydrogen-bond donors (Lipinski definition) is 1. The maximum absolute atomic E-state index is 3.57. The van der Waals surface area contributed by atoms with Gasteiger partial charge in [0.15, 0.2) is 0 Å². The van der Waals surface area contributed by atoms with Gasteiger partial charge in [-0.3, -0.25) is 0 Å². The lowest BCUT2D eigenvalue weighted by molar-refractivity contribution is 0.578. The normalized spacial score (nSPS) is 12.7. The monoisotopic (exact) mass is 209 g/mol. The molecule has 1 atom stereocenters. The van der Waals surface area contributed by atoms with Gasteiger partial charge in [0.2, 0.25) is 0 Å². The van der Waals surface area contributed by atoms with Crippen molar-refractivity contribution in [1.82, 2.24) is 5.32 Å². The van der Waals surface area contributed by atoms with Crippen molar-refractivity contribution in [1.29, 1.82) is 0 Å². The number of rotatable bonds is 6. The van der Waals surface area contributed by atoms with Crippen molar-refractivity contribution in [3.05, 3.63) is 35.9 Å². The van der Waals surface area contributed by atoms with Gasteiger partial charge in [0, 0.05) is 11.8 Å². The number of thioether (sulfide) groups is 1. The molecule has 1 unspecified atom stereocenters. The first-order chi connectivity index (χ1) is 6.88. The molecule has 0 aromatic heterocycles. The SMILES string of the molecule is CCCNC(CSC)c1ccccc1. The van der Waals surface area contributed by atoms with E-state index in [9.17, 15) is 0 Å². The van der Waals surface area contributed by atoms with Crippen molar-refractivity contribution in [2.45, 2.75) is 19.4 Å². The molecule has 14 heavy (non-hydrogen) atoms. The Morgan fingerprint density at radius 3 is 2.57 bits per heavy atom. The van der Waals surface area contributed by atoms with Crippen LogP contribution in [0, 0.1) is 0 Å². The van der Waals surface area contributed by atoms with Crippen LogP contribution in [0.25, 0.3) is 0 Å². The minimum absolute atomic E-state index is 0.506. The van der Waals surface area contributed by atoms with E-state index in [1.807, 2.05) is 11.8 Å². The minimum Gasteiger partial charge on any atom is -0.309 e. The van der Waals surface area contributed by atoms with Crippen LogP contribution in [0.15, 0.2) is 30.3 Å². The molecule has 1 aromatic carbocycles. The molecule has 2 heteroatoms. The lowest BCUT2D eigenvalue weighted by atomic mass is 10.1. The third kappa shape index (κ3) is 3.72. The van der Waals surface area contributed by atoms with E-state index in [1.54, 1.807) is 0 Å². The Morgan fingerprint density at radius 1 is 1.29 bits per heavy atom. The maximum atomic E-state index is 3.57. The van der Waals surface area contributed by atoms with Crippen LogP contribution in [0.2, 0.25) is 0 Å². The van der Waals surface area contributed by atoms with E-state index in [4.69, 9.17) is 0 Å². The molecule has 78 valence electrons. The molecule has 1 rings (SSSR count). The Labute approximate surface area is 91.3 Å². The second kappa shape index (κ2) is 6.91. The first-order valence-corrected chi connectivity index (χ1v) is 6.55. The van der Waals surface area contributed by atoms with E-state index in [-0.39, 0.29) is 0 Å². The standard InChI is InChI=1S/C12H19NS/c1-3-9-13-12(10-14-2)11-7-5-4-6-8-11/h4-8,12-13H,3,9-10H2,1-2H3. The highest BCUT2D eigenvalue weighted by Gasteiger charge is 2.08. The fraction of sp³-hybridized carbons (Fsp3) is 0.500. The number of hydrogen-bond acceptors (Lipinski definition) is 2. The molecular weight excluding hydrogens is 190 g/mol. The molecule has 0 bridgehead atoms. The second-order valence-corrected chi connectivity index (χ2v) is 4.28. The first kappa shape index (κ1) is 11.6. The van der Waals surface area contributed by atoms with Crippen LogP contribution in [0.1, 0.15) is 24.9 Å². The van der Waals surface area contributed by atoms with Gasteiger partial charge in [-0.15, -0.1) is 0 Å². The van der Waals surface area contributed by atoms with Gasteiger partial charge in [-0.1, -0.05) is 37.3 Å². The predicted molar refractivity (Wildman–Crippen MR) is 65.9 cm³/mol. The predicted octanol–water partition coefficient (Wildman–Crippen LogP) is 3.09. The highest BCUT2D eigenvalue weighted by atomic mass is 32.2. The van der Waals surface area contributed by atoms with E-state index in [1.165, 1.54) is 12.0 Å². The lowest BCUT2D eigenvalue weighted by Gasteiger charge is -2.17. The number of nitrogens with one attached hydrogen (secondary N) is 1. The summed E-state index contributed by atoms with van der Waals surface area (Å²) in [6, 6.07) is 11.2. The largest absolute Gasteiger partial charge is 0.309 e. The molecule has 0 amide bonds. The number of benzene rings is 1. The Bertz CT molecular complexity index is 235. The third-order valence-electron chi connectivity index (χ3n) is 2.18. The van der Waals surface area contributed by atoms with Crippen LogP contribution < -0.4 is 5.32 Å². The zero-order chi connectivity index (χ0) is 10.2. The summed E-state index contributed by atoms with van der Waals surface area (Å²) in [6.45, 7) is 3.30. The topological polar surface area (TPSA) is 12.0 Å². The van der Waals surface area contributed by atoms with E-state index in [2.05, 4.69) is 48.8 Å². The quantitative estimate of drug-likeness (QED) is 0.772. The molecule has 0 spiro atoms. The fourth-order valence-corrected chi connectivity index (χ4v) is 2.09. The highest BCUT2D eigenvalue weighted by Crippen LogP contribution is 2.16. The van der Waals surface area contributed by atoms with Crippen LogP contribution in [-0.4, -0.2) is 18.6 Å². The maximum Gasteiger partial charge on any atom is 0.0411 e. The molecule has 0 aliphatic rings. The van der Waals surface area contributed by atoms with Crippen molar-refractivity contribution >= 4 is 11.8 Å². The summed E-state index contributed by atoms with van der Waals surface area (Å²) in [5.41, 5.74) is 1.40. The molecular formula is C12H19NS. The van der Waals surface area contributed by atoms with Crippen LogP contribution in [-0.2, 0) is 0 Å². The molecule has 1 nitrogen and oxygen atoms in total. The van der Waals surface area contributed by atoms with Gasteiger partial charge in [-0.25, -0.2) is 0 Å². The third-order valence-corrected chi connectivity index (χ3v) is 2.84. The summed E-state index contributed by atoms with van der Waals surface area (Å²) in [5.74, 6) is 1.14. The first-order valence-electron chi connectivity index (χ1n) is 5.15. The Morgan fingerprint density at radius 2 is 2.00 bits per heavy atom. The summed E-state index contributed by atoms with van der Waals surface area (Å²) in [7, 11) is 0. The summed E-state index contributed by atoms with van der Waals surface area (Å²) in [4.78, 5) is 0. The molecule has 0 saturated carbocycles. The summed E-state index contributed by atoms with van der Waals surface area (Å²) in [5, 5.41) is 3.57. The summed E-state index contributed by atoms with van der Waals surface area (Å²) >= 11 is 1.89. The zero-order valence-corrected chi connectivity index (χ0v) is 9.81. The van der Waals surface area contributed by atoms with E-state index in [0.29, 0.717) is 6.04 Å². The average Bonchev–Trinajstić information content (AvgIpc) is 2.25. The van der Waals surface area contributed by atoms with Crippen LogP contribution in [0.4, 0.5) is 0 Å². The molecule has 0 aliphatic carbocycles. The minimum atomic E-state index is 0.506. The Kier molecular flexibility index (Phi) is 5.72. The molecule has 0 fully saturated rings. The lowest BCUT2D eigenvalue weighted by Crippen LogP contribution is -2.23. The van der Waals surface area contributed by atoms with Gasteiger partial charge >= 0.3 is 0 Å². The van der Waals surface area contributed by atoms with E-state index in [0.717, 1.165) is 12.3 Å². The van der Waals surface area contributed by atoms with Gasteiger partial charge in [0.1, 0.15) is 0 Å². The molecule has 0 heterocycles. The van der Waals surface area contributed by atoms with Gasteiger partial charge in [-0.2, -0.15) is 11.8 Å². The summed E-state index contributed by atoms with van der Waals surface area (Å²) in [6.07, 6.45) is 3.35. The average molecular weight is 209 g/mol. The van der Waals surface area contributed by atoms with E-state index >= 15 is 0 Å². The molecule has 0 saturated heterocycles. The van der Waals surface area contributed by atoms with Gasteiger partial charge in [0.05, 0.1) is 0 Å². The highest BCUT2D eigenvalue weighted by molar-refractivity contribution is 7.98. The van der Waals surface area contributed by atoms with Crippen molar-refractivity contribution in [2.75, 3.05) is 18.6 Å². The van der Waals surface area contributed by atoms with Crippen LogP contribution in [0.5, 0.6) is 0 Å². The van der Waals surface area contributed by atoms with Gasteiger partial charge in [0.25, 0.3) is 0 Å². The van der Waals surface area contributed by atoms with Gasteiger partial charge < -0.3 is 5.32 Å². The molecule has 0 aliphatic heterocycles. The van der Waals surface area contributed by atoms with Crippen LogP contribution >= 0.6 is 11.8 Å². The molecule has 1 N–H and O–H groups in total. The molecule has 0 radical (unpaired) electrons. The van der Waals surface area contributed by atoms with E-state index < -0.39 is 0 Å². The fourth-order valence-electron chi connectivity index (χ4n) is 1.44. The Hall–Kier alpha value is -0.470. The Balaban J connectivity index is 2.58. The molecule has 1 aromatic rings. The van der Waals surface area contributed by atoms with Crippen molar-refractivity contribution < 1.29 is 0 Å². The smallest absolute Gasteiger partial charge is 0.0411 e. The van der Waals surface area contributed by atoms with Crippen molar-refractivity contribution in [3.63, 3.8) is 0 Å².